The van der Waals surface area contributed by atoms with E-state index in [-0.39, 0.29) is 63.1 Å². The van der Waals surface area contributed by atoms with Gasteiger partial charge in [-0.05, 0) is 19.3 Å². The number of rotatable bonds is 14. The summed E-state index contributed by atoms with van der Waals surface area (Å²) in [5.41, 5.74) is 0. The van der Waals surface area contributed by atoms with Crippen LogP contribution in [-0.2, 0) is 19.6 Å². The molecule has 0 aliphatic heterocycles. The van der Waals surface area contributed by atoms with Crippen molar-refractivity contribution in [2.24, 2.45) is 0 Å². The first-order valence-electron chi connectivity index (χ1n) is 8.06. The molecule has 0 aromatic heterocycles. The quantitative estimate of drug-likeness (QED) is 0.222. The van der Waals surface area contributed by atoms with Gasteiger partial charge in [0, 0.05) is 57.8 Å². The predicted octanol–water partition coefficient (Wildman–Crippen LogP) is 3.35. The zero-order valence-electron chi connectivity index (χ0n) is 14.2. The Bertz CT molecular complexity index is 357. The number of hydrogen-bond acceptors (Lipinski definition) is 4. The maximum atomic E-state index is 11.2. The van der Waals surface area contributed by atoms with E-state index in [0.717, 1.165) is 57.8 Å². The van der Waals surface area contributed by atoms with Crippen LogP contribution in [0.1, 0.15) is 77.6 Å². The standard InChI is InChI=1S/C15H30O5S.K/c1-2-3-12-15(16)20-13-10-8-6-4-5-7-9-11-14-21(17,18)19;/h2-14H2,1H3,(H,17,18,19);. The zero-order valence-corrected chi connectivity index (χ0v) is 18.1. The molecule has 5 nitrogen and oxygen atoms in total. The van der Waals surface area contributed by atoms with Crippen LogP contribution in [0.4, 0.5) is 0 Å². The fraction of sp³-hybridized carbons (Fsp3) is 0.933. The van der Waals surface area contributed by atoms with Gasteiger partial charge in [0.15, 0.2) is 0 Å². The SMILES string of the molecule is CCCCC(=O)OCCCCCCCCCCS(=O)(=O)O.[K]. The topological polar surface area (TPSA) is 80.7 Å². The smallest absolute Gasteiger partial charge is 0.305 e. The van der Waals surface area contributed by atoms with Crippen molar-refractivity contribution in [3.63, 3.8) is 0 Å². The second kappa shape index (κ2) is 16.9. The maximum Gasteiger partial charge on any atom is 0.305 e. The van der Waals surface area contributed by atoms with E-state index in [9.17, 15) is 13.2 Å². The van der Waals surface area contributed by atoms with Crippen LogP contribution in [0.3, 0.4) is 0 Å². The van der Waals surface area contributed by atoms with Crippen molar-refractivity contribution < 1.29 is 22.5 Å². The molecule has 0 saturated heterocycles. The second-order valence-corrected chi connectivity index (χ2v) is 7.01. The minimum absolute atomic E-state index is 0. The first-order chi connectivity index (χ1) is 9.95. The summed E-state index contributed by atoms with van der Waals surface area (Å²) in [4.78, 5) is 11.2. The molecule has 0 spiro atoms. The molecule has 0 amide bonds. The zero-order chi connectivity index (χ0) is 16.0. The summed E-state index contributed by atoms with van der Waals surface area (Å²) >= 11 is 0. The van der Waals surface area contributed by atoms with Crippen LogP contribution in [0.25, 0.3) is 0 Å². The molecular formula is C15H30KO5S. The first kappa shape index (κ1) is 25.3. The van der Waals surface area contributed by atoms with Crippen molar-refractivity contribution >= 4 is 67.5 Å². The fourth-order valence-electron chi connectivity index (χ4n) is 2.03. The molecule has 0 aliphatic carbocycles. The van der Waals surface area contributed by atoms with Gasteiger partial charge in [0.1, 0.15) is 0 Å². The number of ether oxygens (including phenoxy) is 1. The van der Waals surface area contributed by atoms with Crippen LogP contribution < -0.4 is 0 Å². The van der Waals surface area contributed by atoms with Crippen molar-refractivity contribution in [2.45, 2.75) is 77.6 Å². The van der Waals surface area contributed by atoms with E-state index in [1.54, 1.807) is 0 Å². The molecule has 1 radical (unpaired) electrons. The molecule has 127 valence electrons. The Kier molecular flexibility index (Phi) is 19.4. The molecule has 0 saturated carbocycles. The average molecular weight is 362 g/mol. The molecule has 0 heterocycles. The van der Waals surface area contributed by atoms with E-state index in [0.29, 0.717) is 19.4 Å². The van der Waals surface area contributed by atoms with Gasteiger partial charge in [-0.15, -0.1) is 0 Å². The van der Waals surface area contributed by atoms with Crippen molar-refractivity contribution in [2.75, 3.05) is 12.4 Å². The molecule has 0 aromatic carbocycles. The number of carbonyl (C=O) groups excluding carboxylic acids is 1. The molecule has 0 unspecified atom stereocenters. The number of unbranched alkanes of at least 4 members (excludes halogenated alkanes) is 8. The van der Waals surface area contributed by atoms with Crippen molar-refractivity contribution in [3.05, 3.63) is 0 Å². The van der Waals surface area contributed by atoms with Crippen molar-refractivity contribution in [1.29, 1.82) is 0 Å². The monoisotopic (exact) mass is 361 g/mol. The van der Waals surface area contributed by atoms with Crippen LogP contribution in [0.5, 0.6) is 0 Å². The summed E-state index contributed by atoms with van der Waals surface area (Å²) in [6.07, 6.45) is 10.1. The third kappa shape index (κ3) is 21.0. The molecule has 0 rings (SSSR count). The Labute approximate surface area is 178 Å². The Morgan fingerprint density at radius 1 is 0.909 bits per heavy atom. The summed E-state index contributed by atoms with van der Waals surface area (Å²) in [7, 11) is -3.79. The first-order valence-corrected chi connectivity index (χ1v) is 9.67. The van der Waals surface area contributed by atoms with Gasteiger partial charge in [0.05, 0.1) is 12.4 Å². The number of carbonyl (C=O) groups is 1. The average Bonchev–Trinajstić information content (AvgIpc) is 2.41. The van der Waals surface area contributed by atoms with Crippen molar-refractivity contribution in [3.8, 4) is 0 Å². The van der Waals surface area contributed by atoms with E-state index < -0.39 is 10.1 Å². The maximum absolute atomic E-state index is 11.2. The Balaban J connectivity index is 0. The summed E-state index contributed by atoms with van der Waals surface area (Å²) in [5, 5.41) is 0. The molecule has 0 aliphatic rings. The Morgan fingerprint density at radius 2 is 1.41 bits per heavy atom. The van der Waals surface area contributed by atoms with Gasteiger partial charge < -0.3 is 4.74 Å². The summed E-state index contributed by atoms with van der Waals surface area (Å²) in [6, 6.07) is 0. The van der Waals surface area contributed by atoms with Gasteiger partial charge in [-0.3, -0.25) is 9.35 Å². The van der Waals surface area contributed by atoms with Crippen LogP contribution in [0.15, 0.2) is 0 Å². The van der Waals surface area contributed by atoms with E-state index in [1.165, 1.54) is 0 Å². The molecule has 0 fully saturated rings. The van der Waals surface area contributed by atoms with Crippen LogP contribution >= 0.6 is 0 Å². The van der Waals surface area contributed by atoms with Crippen LogP contribution in [0.2, 0.25) is 0 Å². The second-order valence-electron chi connectivity index (χ2n) is 5.44. The van der Waals surface area contributed by atoms with Gasteiger partial charge in [-0.25, -0.2) is 0 Å². The van der Waals surface area contributed by atoms with Gasteiger partial charge in [0.2, 0.25) is 0 Å². The molecule has 0 aromatic rings. The molecule has 22 heavy (non-hydrogen) atoms. The molecular weight excluding hydrogens is 331 g/mol. The minimum atomic E-state index is -3.79. The third-order valence-corrected chi connectivity index (χ3v) is 4.10. The molecule has 0 bridgehead atoms. The summed E-state index contributed by atoms with van der Waals surface area (Å²) in [5.74, 6) is -0.216. The van der Waals surface area contributed by atoms with Crippen LogP contribution in [0, 0.1) is 0 Å². The van der Waals surface area contributed by atoms with E-state index >= 15 is 0 Å². The Hall–Kier alpha value is 1.02. The number of esters is 1. The van der Waals surface area contributed by atoms with E-state index in [2.05, 4.69) is 6.92 Å². The normalized spacial score (nSPS) is 11.0. The van der Waals surface area contributed by atoms with E-state index in [1.807, 2.05) is 0 Å². The van der Waals surface area contributed by atoms with Gasteiger partial charge in [-0.2, -0.15) is 8.42 Å². The van der Waals surface area contributed by atoms with Gasteiger partial charge >= 0.3 is 5.97 Å². The number of hydrogen-bond donors (Lipinski definition) is 1. The largest absolute Gasteiger partial charge is 0.466 e. The summed E-state index contributed by atoms with van der Waals surface area (Å²) in [6.45, 7) is 2.58. The van der Waals surface area contributed by atoms with Crippen molar-refractivity contribution in [1.82, 2.24) is 0 Å². The molecule has 7 heteroatoms. The Morgan fingerprint density at radius 3 is 1.91 bits per heavy atom. The van der Waals surface area contributed by atoms with Crippen LogP contribution in [-0.4, -0.2) is 82.7 Å². The third-order valence-electron chi connectivity index (χ3n) is 3.29. The minimum Gasteiger partial charge on any atom is -0.466 e. The summed E-state index contributed by atoms with van der Waals surface area (Å²) < 4.78 is 34.7. The molecule has 0 atom stereocenters. The predicted molar refractivity (Wildman–Crippen MR) is 89.6 cm³/mol. The van der Waals surface area contributed by atoms with Gasteiger partial charge in [0.25, 0.3) is 10.1 Å². The van der Waals surface area contributed by atoms with E-state index in [4.69, 9.17) is 9.29 Å². The van der Waals surface area contributed by atoms with Gasteiger partial charge in [-0.1, -0.05) is 51.9 Å². The molecule has 1 N–H and O–H groups in total. The fourth-order valence-corrected chi connectivity index (χ4v) is 2.60.